The van der Waals surface area contributed by atoms with Crippen molar-refractivity contribution in [3.05, 3.63) is 277 Å². The Kier molecular flexibility index (Phi) is 8.97. The first-order chi connectivity index (χ1) is 32.8. The molecule has 13 rings (SSSR count). The van der Waals surface area contributed by atoms with Crippen LogP contribution in [0.2, 0.25) is 0 Å². The van der Waals surface area contributed by atoms with Gasteiger partial charge in [-0.3, -0.25) is 0 Å². The van der Waals surface area contributed by atoms with Crippen LogP contribution < -0.4 is 4.90 Å². The zero-order valence-electron chi connectivity index (χ0n) is 36.1. The summed E-state index contributed by atoms with van der Waals surface area (Å²) in [7, 11) is 0. The minimum Gasteiger partial charge on any atom is -0.310 e. The number of rotatable bonds is 8. The van der Waals surface area contributed by atoms with Crippen molar-refractivity contribution >= 4 is 59.6 Å². The Bertz CT molecular complexity index is 3690. The summed E-state index contributed by atoms with van der Waals surface area (Å²) >= 11 is 1.90. The second-order valence-corrected chi connectivity index (χ2v) is 18.2. The van der Waals surface area contributed by atoms with E-state index in [4.69, 9.17) is 0 Å². The first-order valence-electron chi connectivity index (χ1n) is 22.7. The number of aromatic nitrogens is 1. The third-order valence-corrected chi connectivity index (χ3v) is 14.9. The minimum absolute atomic E-state index is 0.507. The molecule has 12 aromatic rings. The largest absolute Gasteiger partial charge is 0.310 e. The lowest BCUT2D eigenvalue weighted by Crippen LogP contribution is -2.28. The lowest BCUT2D eigenvalue weighted by molar-refractivity contribution is 0.768. The van der Waals surface area contributed by atoms with E-state index in [2.05, 4.69) is 264 Å². The van der Waals surface area contributed by atoms with E-state index in [1.165, 1.54) is 92.5 Å². The van der Waals surface area contributed by atoms with Gasteiger partial charge < -0.3 is 9.47 Å². The van der Waals surface area contributed by atoms with Crippen LogP contribution in [-0.4, -0.2) is 4.57 Å². The molecule has 1 aliphatic rings. The van der Waals surface area contributed by atoms with E-state index >= 15 is 0 Å². The van der Waals surface area contributed by atoms with E-state index in [9.17, 15) is 0 Å². The number of nitrogens with zero attached hydrogens (tertiary/aromatic N) is 2. The second-order valence-electron chi connectivity index (χ2n) is 17.2. The Labute approximate surface area is 388 Å². The summed E-state index contributed by atoms with van der Waals surface area (Å²) in [6.45, 7) is 0. The summed E-state index contributed by atoms with van der Waals surface area (Å²) in [5.74, 6) is 0. The Balaban J connectivity index is 0.973. The average molecular weight is 859 g/mol. The molecule has 310 valence electrons. The van der Waals surface area contributed by atoms with Crippen molar-refractivity contribution < 1.29 is 0 Å². The molecule has 0 aliphatic heterocycles. The third kappa shape index (κ3) is 5.87. The van der Waals surface area contributed by atoms with Gasteiger partial charge in [0.1, 0.15) is 0 Å². The molecular formula is C63H42N2S. The standard InChI is InChI=1S/C63H42N2S/c1-4-18-43(19-5-1)44-34-38-49(39-35-44)64(51-25-16-22-47(42-51)63(46-20-6-2-7-21-46)57-31-13-10-26-53(57)54-27-11-14-32-58(54)63)50-40-36-45(37-41-50)52-29-17-30-56-60-62(66-61(52)56)55-28-12-15-33-59(55)65(60)48-23-8-3-9-24-48/h1-42H. The molecule has 2 heterocycles. The third-order valence-electron chi connectivity index (χ3n) is 13.7. The number of para-hydroxylation sites is 2. The van der Waals surface area contributed by atoms with Crippen LogP contribution in [0.25, 0.3) is 70.3 Å². The van der Waals surface area contributed by atoms with Gasteiger partial charge in [-0.2, -0.15) is 0 Å². The van der Waals surface area contributed by atoms with Gasteiger partial charge in [0.2, 0.25) is 0 Å². The van der Waals surface area contributed by atoms with Crippen molar-refractivity contribution in [3.8, 4) is 39.1 Å². The Morgan fingerprint density at radius 2 is 0.864 bits per heavy atom. The highest BCUT2D eigenvalue weighted by Crippen LogP contribution is 2.57. The fourth-order valence-corrected chi connectivity index (χ4v) is 12.2. The van der Waals surface area contributed by atoms with Gasteiger partial charge in [-0.25, -0.2) is 0 Å². The summed E-state index contributed by atoms with van der Waals surface area (Å²) in [4.78, 5) is 2.42. The van der Waals surface area contributed by atoms with E-state index in [1.54, 1.807) is 0 Å². The molecule has 10 aromatic carbocycles. The summed E-state index contributed by atoms with van der Waals surface area (Å²) in [5.41, 5.74) is 19.0. The summed E-state index contributed by atoms with van der Waals surface area (Å²) < 4.78 is 5.06. The fraction of sp³-hybridized carbons (Fsp3) is 0.0159. The molecule has 1 aliphatic carbocycles. The highest BCUT2D eigenvalue weighted by atomic mass is 32.1. The van der Waals surface area contributed by atoms with Crippen molar-refractivity contribution in [3.63, 3.8) is 0 Å². The van der Waals surface area contributed by atoms with Gasteiger partial charge >= 0.3 is 0 Å². The summed E-state index contributed by atoms with van der Waals surface area (Å²) in [6.07, 6.45) is 0. The predicted molar refractivity (Wildman–Crippen MR) is 279 cm³/mol. The molecular weight excluding hydrogens is 817 g/mol. The summed E-state index contributed by atoms with van der Waals surface area (Å²) in [5, 5.41) is 2.56. The van der Waals surface area contributed by atoms with Crippen LogP contribution in [-0.2, 0) is 5.41 Å². The molecule has 0 radical (unpaired) electrons. The molecule has 0 saturated carbocycles. The van der Waals surface area contributed by atoms with Gasteiger partial charge in [-0.1, -0.05) is 200 Å². The molecule has 2 aromatic heterocycles. The Morgan fingerprint density at radius 1 is 0.348 bits per heavy atom. The molecule has 0 fully saturated rings. The van der Waals surface area contributed by atoms with Gasteiger partial charge in [-0.05, 0) is 110 Å². The first kappa shape index (κ1) is 38.2. The number of anilines is 3. The number of thiophene rings is 1. The van der Waals surface area contributed by atoms with Crippen molar-refractivity contribution in [2.45, 2.75) is 5.41 Å². The number of hydrogen-bond donors (Lipinski definition) is 0. The lowest BCUT2D eigenvalue weighted by atomic mass is 9.67. The van der Waals surface area contributed by atoms with Crippen LogP contribution in [0.1, 0.15) is 22.3 Å². The molecule has 0 atom stereocenters. The zero-order chi connectivity index (χ0) is 43.6. The Hall–Kier alpha value is -8.24. The topological polar surface area (TPSA) is 8.17 Å². The number of hydrogen-bond acceptors (Lipinski definition) is 2. The molecule has 0 spiro atoms. The van der Waals surface area contributed by atoms with E-state index in [0.29, 0.717) is 0 Å². The quantitative estimate of drug-likeness (QED) is 0.148. The van der Waals surface area contributed by atoms with E-state index in [1.807, 2.05) is 11.3 Å². The van der Waals surface area contributed by atoms with Crippen molar-refractivity contribution in [2.24, 2.45) is 0 Å². The zero-order valence-corrected chi connectivity index (χ0v) is 36.9. The molecule has 0 bridgehead atoms. The molecule has 0 amide bonds. The normalized spacial score (nSPS) is 12.7. The maximum atomic E-state index is 2.44. The monoisotopic (exact) mass is 858 g/mol. The second kappa shape index (κ2) is 15.5. The number of benzene rings is 10. The molecule has 2 nitrogen and oxygen atoms in total. The van der Waals surface area contributed by atoms with Gasteiger partial charge in [-0.15, -0.1) is 11.3 Å². The maximum Gasteiger partial charge on any atom is 0.0727 e. The number of fused-ring (bicyclic) bond motifs is 8. The maximum absolute atomic E-state index is 2.44. The molecule has 0 unspecified atom stereocenters. The van der Waals surface area contributed by atoms with Crippen LogP contribution in [0, 0.1) is 0 Å². The Morgan fingerprint density at radius 3 is 1.56 bits per heavy atom. The van der Waals surface area contributed by atoms with Crippen LogP contribution in [0.4, 0.5) is 17.1 Å². The highest BCUT2D eigenvalue weighted by Gasteiger charge is 2.46. The lowest BCUT2D eigenvalue weighted by Gasteiger charge is -2.35. The van der Waals surface area contributed by atoms with Gasteiger partial charge in [0.25, 0.3) is 0 Å². The summed E-state index contributed by atoms with van der Waals surface area (Å²) in [6, 6.07) is 93.5. The van der Waals surface area contributed by atoms with Crippen LogP contribution >= 0.6 is 11.3 Å². The van der Waals surface area contributed by atoms with E-state index < -0.39 is 5.41 Å². The van der Waals surface area contributed by atoms with E-state index in [0.717, 1.165) is 17.1 Å². The smallest absolute Gasteiger partial charge is 0.0727 e. The minimum atomic E-state index is -0.507. The SMILES string of the molecule is c1ccc(-c2ccc(N(c3ccc(-c4cccc5c4sc4c6ccccc6n(-c6ccccc6)c54)cc3)c3cccc(C4(c5ccccc5)c5ccccc5-c5ccccc54)c3)cc2)cc1. The van der Waals surface area contributed by atoms with Gasteiger partial charge in [0, 0.05) is 38.2 Å². The van der Waals surface area contributed by atoms with E-state index in [-0.39, 0.29) is 0 Å². The van der Waals surface area contributed by atoms with Crippen LogP contribution in [0.15, 0.2) is 255 Å². The van der Waals surface area contributed by atoms with Crippen LogP contribution in [0.3, 0.4) is 0 Å². The van der Waals surface area contributed by atoms with Crippen molar-refractivity contribution in [1.82, 2.24) is 4.57 Å². The highest BCUT2D eigenvalue weighted by molar-refractivity contribution is 7.27. The van der Waals surface area contributed by atoms with Gasteiger partial charge in [0.05, 0.1) is 21.1 Å². The van der Waals surface area contributed by atoms with Crippen LogP contribution in [0.5, 0.6) is 0 Å². The van der Waals surface area contributed by atoms with Crippen molar-refractivity contribution in [2.75, 3.05) is 4.90 Å². The first-order valence-corrected chi connectivity index (χ1v) is 23.5. The molecule has 3 heteroatoms. The van der Waals surface area contributed by atoms with Gasteiger partial charge in [0.15, 0.2) is 0 Å². The van der Waals surface area contributed by atoms with Crippen molar-refractivity contribution in [1.29, 1.82) is 0 Å². The molecule has 66 heavy (non-hydrogen) atoms. The molecule has 0 saturated heterocycles. The predicted octanol–water partition coefficient (Wildman–Crippen LogP) is 17.2. The average Bonchev–Trinajstić information content (AvgIpc) is 4.04. The fourth-order valence-electron chi connectivity index (χ4n) is 10.8. The molecule has 0 N–H and O–H groups in total.